The number of nitrogens with zero attached hydrogens (tertiary/aromatic N) is 1. The fourth-order valence-corrected chi connectivity index (χ4v) is 0.353. The lowest BCUT2D eigenvalue weighted by Crippen LogP contribution is -2.09. The summed E-state index contributed by atoms with van der Waals surface area (Å²) in [4.78, 5) is 4.66. The van der Waals surface area contributed by atoms with Crippen LogP contribution < -0.4 is 0 Å². The standard InChI is InChI=1S/C7H14NO/c1-6(2)7(3)5-9-8-4/h4,6-7H,5H2,1-3H3. The maximum Gasteiger partial charge on any atom is 0.120 e. The minimum Gasteiger partial charge on any atom is -0.395 e. The lowest BCUT2D eigenvalue weighted by molar-refractivity contribution is 0.0986. The summed E-state index contributed by atoms with van der Waals surface area (Å²) in [5.41, 5.74) is 0. The summed E-state index contributed by atoms with van der Waals surface area (Å²) in [6, 6.07) is 0. The van der Waals surface area contributed by atoms with E-state index in [2.05, 4.69) is 30.8 Å². The summed E-state index contributed by atoms with van der Waals surface area (Å²) >= 11 is 0. The second kappa shape index (κ2) is 4.36. The van der Waals surface area contributed by atoms with Gasteiger partial charge in [-0.25, -0.2) is 0 Å². The van der Waals surface area contributed by atoms with Crippen molar-refractivity contribution in [1.29, 1.82) is 0 Å². The highest BCUT2D eigenvalue weighted by molar-refractivity contribution is 5.21. The van der Waals surface area contributed by atoms with Gasteiger partial charge in [0.05, 0.1) is 6.72 Å². The lowest BCUT2D eigenvalue weighted by Gasteiger charge is -2.12. The molecule has 1 unspecified atom stereocenters. The predicted octanol–water partition coefficient (Wildman–Crippen LogP) is 1.79. The summed E-state index contributed by atoms with van der Waals surface area (Å²) in [6.45, 7) is 11.8. The van der Waals surface area contributed by atoms with Crippen LogP contribution in [0.4, 0.5) is 0 Å². The fourth-order valence-electron chi connectivity index (χ4n) is 0.353. The van der Waals surface area contributed by atoms with Crippen LogP contribution in [0.1, 0.15) is 20.8 Å². The van der Waals surface area contributed by atoms with Gasteiger partial charge in [-0.3, -0.25) is 0 Å². The number of hydrogen-bond donors (Lipinski definition) is 0. The van der Waals surface area contributed by atoms with Crippen LogP contribution in [0.3, 0.4) is 0 Å². The van der Waals surface area contributed by atoms with E-state index >= 15 is 0 Å². The van der Waals surface area contributed by atoms with E-state index in [0.717, 1.165) is 0 Å². The molecule has 2 nitrogen and oxygen atoms in total. The third-order valence-electron chi connectivity index (χ3n) is 1.55. The quantitative estimate of drug-likeness (QED) is 0.418. The molecular formula is C7H14NO. The molecule has 1 atom stereocenters. The molecule has 0 bridgehead atoms. The highest BCUT2D eigenvalue weighted by Crippen LogP contribution is 2.08. The van der Waals surface area contributed by atoms with E-state index in [1.54, 1.807) is 0 Å². The van der Waals surface area contributed by atoms with Crippen molar-refractivity contribution in [3.8, 4) is 0 Å². The van der Waals surface area contributed by atoms with Crippen molar-refractivity contribution in [3.63, 3.8) is 0 Å². The molecule has 1 radical (unpaired) electrons. The van der Waals surface area contributed by atoms with E-state index in [0.29, 0.717) is 18.4 Å². The highest BCUT2D eigenvalue weighted by atomic mass is 16.6. The lowest BCUT2D eigenvalue weighted by atomic mass is 10.00. The van der Waals surface area contributed by atoms with Gasteiger partial charge in [-0.05, 0) is 11.8 Å². The summed E-state index contributed by atoms with van der Waals surface area (Å²) in [7, 11) is 0. The summed E-state index contributed by atoms with van der Waals surface area (Å²) < 4.78 is 0. The van der Waals surface area contributed by atoms with Crippen molar-refractivity contribution in [2.24, 2.45) is 17.0 Å². The maximum absolute atomic E-state index is 4.78. The van der Waals surface area contributed by atoms with Gasteiger partial charge < -0.3 is 4.84 Å². The molecule has 0 fully saturated rings. The summed E-state index contributed by atoms with van der Waals surface area (Å²) in [5.74, 6) is 1.16. The van der Waals surface area contributed by atoms with Crippen LogP contribution in [0.25, 0.3) is 0 Å². The molecule has 9 heavy (non-hydrogen) atoms. The molecule has 0 aromatic heterocycles. The SMILES string of the molecule is [CH]=NOCC(C)C(C)C. The third kappa shape index (κ3) is 4.01. The van der Waals surface area contributed by atoms with Crippen molar-refractivity contribution in [2.45, 2.75) is 20.8 Å². The number of rotatable bonds is 4. The molecule has 0 amide bonds. The Morgan fingerprint density at radius 3 is 2.33 bits per heavy atom. The smallest absolute Gasteiger partial charge is 0.120 e. The van der Waals surface area contributed by atoms with Crippen molar-refractivity contribution >= 4 is 6.72 Å². The zero-order valence-electron chi connectivity index (χ0n) is 6.29. The molecule has 0 rings (SSSR count). The van der Waals surface area contributed by atoms with Crippen molar-refractivity contribution in [3.05, 3.63) is 0 Å². The molecule has 53 valence electrons. The van der Waals surface area contributed by atoms with Gasteiger partial charge >= 0.3 is 0 Å². The van der Waals surface area contributed by atoms with Crippen molar-refractivity contribution < 1.29 is 4.84 Å². The minimum atomic E-state index is 0.525. The summed E-state index contributed by atoms with van der Waals surface area (Å²) in [5, 5.41) is 3.06. The second-order valence-corrected chi connectivity index (χ2v) is 2.62. The van der Waals surface area contributed by atoms with Gasteiger partial charge in [0, 0.05) is 0 Å². The second-order valence-electron chi connectivity index (χ2n) is 2.62. The van der Waals surface area contributed by atoms with Gasteiger partial charge in [-0.1, -0.05) is 25.9 Å². The van der Waals surface area contributed by atoms with E-state index in [9.17, 15) is 0 Å². The Morgan fingerprint density at radius 1 is 1.44 bits per heavy atom. The van der Waals surface area contributed by atoms with Gasteiger partial charge in [0.15, 0.2) is 0 Å². The van der Waals surface area contributed by atoms with Crippen LogP contribution in [0, 0.1) is 11.8 Å². The molecule has 2 heteroatoms. The topological polar surface area (TPSA) is 21.6 Å². The van der Waals surface area contributed by atoms with E-state index in [1.165, 1.54) is 0 Å². The van der Waals surface area contributed by atoms with Crippen molar-refractivity contribution in [2.75, 3.05) is 6.61 Å². The largest absolute Gasteiger partial charge is 0.395 e. The molecule has 0 spiro atoms. The molecule has 0 aliphatic carbocycles. The molecule has 0 saturated carbocycles. The van der Waals surface area contributed by atoms with E-state index in [4.69, 9.17) is 6.72 Å². The molecule has 0 aliphatic rings. The normalized spacial score (nSPS) is 13.3. The van der Waals surface area contributed by atoms with Crippen LogP contribution in [0.2, 0.25) is 0 Å². The average Bonchev–Trinajstić information content (AvgIpc) is 1.82. The Bertz CT molecular complexity index is 81.0. The van der Waals surface area contributed by atoms with Gasteiger partial charge in [-0.15, -0.1) is 0 Å². The molecule has 0 aromatic rings. The first kappa shape index (κ1) is 8.47. The highest BCUT2D eigenvalue weighted by Gasteiger charge is 2.05. The zero-order valence-corrected chi connectivity index (χ0v) is 6.29. The first-order chi connectivity index (χ1) is 4.18. The zero-order chi connectivity index (χ0) is 7.28. The Labute approximate surface area is 56.9 Å². The first-order valence-electron chi connectivity index (χ1n) is 3.20. The number of hydrogen-bond acceptors (Lipinski definition) is 2. The molecular weight excluding hydrogens is 114 g/mol. The predicted molar refractivity (Wildman–Crippen MR) is 38.4 cm³/mol. The molecule has 0 saturated heterocycles. The van der Waals surface area contributed by atoms with Gasteiger partial charge in [0.2, 0.25) is 0 Å². The Morgan fingerprint density at radius 2 is 2.00 bits per heavy atom. The van der Waals surface area contributed by atoms with Crippen LogP contribution in [0.5, 0.6) is 0 Å². The van der Waals surface area contributed by atoms with E-state index in [-0.39, 0.29) is 0 Å². The monoisotopic (exact) mass is 128 g/mol. The van der Waals surface area contributed by atoms with Crippen LogP contribution in [-0.4, -0.2) is 13.3 Å². The molecule has 0 heterocycles. The Hall–Kier alpha value is -0.530. The van der Waals surface area contributed by atoms with Crippen molar-refractivity contribution in [1.82, 2.24) is 0 Å². The van der Waals surface area contributed by atoms with Crippen LogP contribution in [-0.2, 0) is 4.84 Å². The van der Waals surface area contributed by atoms with Gasteiger partial charge in [0.1, 0.15) is 6.61 Å². The third-order valence-corrected chi connectivity index (χ3v) is 1.55. The molecule has 0 aromatic carbocycles. The Balaban J connectivity index is 3.26. The van der Waals surface area contributed by atoms with Crippen LogP contribution in [0.15, 0.2) is 5.16 Å². The summed E-state index contributed by atoms with van der Waals surface area (Å²) in [6.07, 6.45) is 0. The van der Waals surface area contributed by atoms with E-state index < -0.39 is 0 Å². The van der Waals surface area contributed by atoms with Crippen LogP contribution >= 0.6 is 0 Å². The fraction of sp³-hybridized carbons (Fsp3) is 0.857. The molecule has 0 N–H and O–H groups in total. The average molecular weight is 128 g/mol. The first-order valence-corrected chi connectivity index (χ1v) is 3.20. The molecule has 0 aliphatic heterocycles. The Kier molecular flexibility index (Phi) is 4.10. The minimum absolute atomic E-state index is 0.525. The maximum atomic E-state index is 4.78. The van der Waals surface area contributed by atoms with E-state index in [1.807, 2.05) is 0 Å². The van der Waals surface area contributed by atoms with Gasteiger partial charge in [-0.2, -0.15) is 0 Å². The van der Waals surface area contributed by atoms with Gasteiger partial charge in [0.25, 0.3) is 0 Å².